The first-order chi connectivity index (χ1) is 10.7. The number of para-hydroxylation sites is 2. The van der Waals surface area contributed by atoms with Crippen LogP contribution in [0.15, 0.2) is 48.8 Å². The number of carbonyl (C=O) groups is 1. The van der Waals surface area contributed by atoms with Gasteiger partial charge in [-0.3, -0.25) is 19.9 Å². The Labute approximate surface area is 127 Å². The van der Waals surface area contributed by atoms with Gasteiger partial charge in [-0.1, -0.05) is 12.1 Å². The van der Waals surface area contributed by atoms with Crippen LogP contribution in [-0.4, -0.2) is 22.4 Å². The number of benzene rings is 1. The van der Waals surface area contributed by atoms with Crippen molar-refractivity contribution < 1.29 is 9.72 Å². The molecule has 114 valence electrons. The summed E-state index contributed by atoms with van der Waals surface area (Å²) in [5.74, 6) is -0.122. The molecule has 7 heteroatoms. The third kappa shape index (κ3) is 4.55. The van der Waals surface area contributed by atoms with Gasteiger partial charge in [0.25, 0.3) is 5.69 Å². The molecular weight excluding hydrogens is 284 g/mol. The van der Waals surface area contributed by atoms with Crippen LogP contribution in [0.25, 0.3) is 0 Å². The van der Waals surface area contributed by atoms with Gasteiger partial charge in [0.1, 0.15) is 5.69 Å². The minimum Gasteiger partial charge on any atom is -0.379 e. The molecule has 0 aliphatic rings. The molecule has 0 aliphatic heterocycles. The van der Waals surface area contributed by atoms with E-state index in [2.05, 4.69) is 15.6 Å². The molecule has 0 radical (unpaired) electrons. The maximum absolute atomic E-state index is 11.7. The Hall–Kier alpha value is -2.96. The molecule has 1 heterocycles. The Bertz CT molecular complexity index is 646. The molecule has 0 spiro atoms. The monoisotopic (exact) mass is 300 g/mol. The zero-order valence-electron chi connectivity index (χ0n) is 11.9. The lowest BCUT2D eigenvalue weighted by molar-refractivity contribution is -0.384. The van der Waals surface area contributed by atoms with Gasteiger partial charge in [0, 0.05) is 38.0 Å². The van der Waals surface area contributed by atoms with Crippen molar-refractivity contribution in [2.24, 2.45) is 0 Å². The highest BCUT2D eigenvalue weighted by atomic mass is 16.6. The molecule has 0 saturated carbocycles. The van der Waals surface area contributed by atoms with Gasteiger partial charge in [-0.2, -0.15) is 0 Å². The molecule has 2 aromatic rings. The summed E-state index contributed by atoms with van der Waals surface area (Å²) in [5, 5.41) is 16.6. The van der Waals surface area contributed by atoms with Crippen LogP contribution in [0.3, 0.4) is 0 Å². The number of anilines is 1. The molecule has 1 aromatic heterocycles. The van der Waals surface area contributed by atoms with Gasteiger partial charge in [-0.25, -0.2) is 0 Å². The SMILES string of the molecule is O=C(CCNc1ccccc1[N+](=O)[O-])NCc1ccncc1. The second kappa shape index (κ2) is 7.72. The molecule has 1 amide bonds. The first-order valence-electron chi connectivity index (χ1n) is 6.79. The van der Waals surface area contributed by atoms with Crippen molar-refractivity contribution in [3.05, 3.63) is 64.5 Å². The van der Waals surface area contributed by atoms with Crippen molar-refractivity contribution >= 4 is 17.3 Å². The van der Waals surface area contributed by atoms with Crippen LogP contribution in [0, 0.1) is 10.1 Å². The standard InChI is InChI=1S/C15H16N4O3/c20-15(18-11-12-5-8-16-9-6-12)7-10-17-13-3-1-2-4-14(13)19(21)22/h1-6,8-9,17H,7,10-11H2,(H,18,20). The molecule has 0 bridgehead atoms. The Morgan fingerprint density at radius 1 is 1.18 bits per heavy atom. The van der Waals surface area contributed by atoms with Crippen LogP contribution in [0.2, 0.25) is 0 Å². The number of hydrogen-bond acceptors (Lipinski definition) is 5. The fourth-order valence-corrected chi connectivity index (χ4v) is 1.88. The molecule has 0 saturated heterocycles. The summed E-state index contributed by atoms with van der Waals surface area (Å²) in [5.41, 5.74) is 1.38. The summed E-state index contributed by atoms with van der Waals surface area (Å²) in [6.07, 6.45) is 3.56. The molecule has 1 aromatic carbocycles. The number of nitrogens with zero attached hydrogens (tertiary/aromatic N) is 2. The third-order valence-electron chi connectivity index (χ3n) is 3.01. The van der Waals surface area contributed by atoms with Gasteiger partial charge in [0.2, 0.25) is 5.91 Å². The predicted octanol–water partition coefficient (Wildman–Crippen LogP) is 2.11. The fraction of sp³-hybridized carbons (Fsp3) is 0.200. The van der Waals surface area contributed by atoms with Crippen molar-refractivity contribution in [2.75, 3.05) is 11.9 Å². The van der Waals surface area contributed by atoms with Crippen molar-refractivity contribution in [3.63, 3.8) is 0 Å². The first-order valence-corrected chi connectivity index (χ1v) is 6.79. The molecular formula is C15H16N4O3. The van der Waals surface area contributed by atoms with E-state index in [0.717, 1.165) is 5.56 Å². The van der Waals surface area contributed by atoms with Crippen molar-refractivity contribution in [1.29, 1.82) is 0 Å². The lowest BCUT2D eigenvalue weighted by Gasteiger charge is -2.08. The Balaban J connectivity index is 1.77. The quantitative estimate of drug-likeness (QED) is 0.603. The summed E-state index contributed by atoms with van der Waals surface area (Å²) in [4.78, 5) is 26.0. The zero-order valence-corrected chi connectivity index (χ0v) is 11.9. The van der Waals surface area contributed by atoms with Crippen molar-refractivity contribution in [2.45, 2.75) is 13.0 Å². The summed E-state index contributed by atoms with van der Waals surface area (Å²) >= 11 is 0. The molecule has 2 N–H and O–H groups in total. The van der Waals surface area contributed by atoms with E-state index in [1.807, 2.05) is 12.1 Å². The summed E-state index contributed by atoms with van der Waals surface area (Å²) in [6, 6.07) is 10.0. The van der Waals surface area contributed by atoms with E-state index in [-0.39, 0.29) is 18.0 Å². The normalized spacial score (nSPS) is 10.0. The average Bonchev–Trinajstić information content (AvgIpc) is 2.54. The molecule has 0 unspecified atom stereocenters. The number of nitrogens with one attached hydrogen (secondary N) is 2. The highest BCUT2D eigenvalue weighted by molar-refractivity contribution is 5.76. The summed E-state index contributed by atoms with van der Waals surface area (Å²) < 4.78 is 0. The average molecular weight is 300 g/mol. The van der Waals surface area contributed by atoms with Gasteiger partial charge in [-0.05, 0) is 23.8 Å². The number of rotatable bonds is 7. The van der Waals surface area contributed by atoms with E-state index in [9.17, 15) is 14.9 Å². The van der Waals surface area contributed by atoms with Gasteiger partial charge < -0.3 is 10.6 Å². The van der Waals surface area contributed by atoms with Gasteiger partial charge >= 0.3 is 0 Å². The lowest BCUT2D eigenvalue weighted by atomic mass is 10.2. The smallest absolute Gasteiger partial charge is 0.292 e. The topological polar surface area (TPSA) is 97.2 Å². The van der Waals surface area contributed by atoms with E-state index >= 15 is 0 Å². The number of nitro benzene ring substituents is 1. The van der Waals surface area contributed by atoms with E-state index in [1.54, 1.807) is 30.6 Å². The highest BCUT2D eigenvalue weighted by Crippen LogP contribution is 2.22. The van der Waals surface area contributed by atoms with Crippen LogP contribution in [0.5, 0.6) is 0 Å². The fourth-order valence-electron chi connectivity index (χ4n) is 1.88. The van der Waals surface area contributed by atoms with Crippen LogP contribution in [0.1, 0.15) is 12.0 Å². The first kappa shape index (κ1) is 15.4. The van der Waals surface area contributed by atoms with E-state index in [1.165, 1.54) is 6.07 Å². The maximum atomic E-state index is 11.7. The second-order valence-electron chi connectivity index (χ2n) is 4.58. The Morgan fingerprint density at radius 3 is 2.64 bits per heavy atom. The largest absolute Gasteiger partial charge is 0.379 e. The number of amides is 1. The van der Waals surface area contributed by atoms with E-state index < -0.39 is 4.92 Å². The molecule has 22 heavy (non-hydrogen) atoms. The zero-order chi connectivity index (χ0) is 15.8. The third-order valence-corrected chi connectivity index (χ3v) is 3.01. The van der Waals surface area contributed by atoms with Crippen LogP contribution < -0.4 is 10.6 Å². The van der Waals surface area contributed by atoms with Crippen molar-refractivity contribution in [3.8, 4) is 0 Å². The molecule has 7 nitrogen and oxygen atoms in total. The summed E-state index contributed by atoms with van der Waals surface area (Å²) in [7, 11) is 0. The number of aromatic nitrogens is 1. The molecule has 0 atom stereocenters. The second-order valence-corrected chi connectivity index (χ2v) is 4.58. The molecule has 0 fully saturated rings. The van der Waals surface area contributed by atoms with Gasteiger partial charge in [0.15, 0.2) is 0 Å². The Kier molecular flexibility index (Phi) is 5.42. The van der Waals surface area contributed by atoms with Crippen LogP contribution >= 0.6 is 0 Å². The van der Waals surface area contributed by atoms with Gasteiger partial charge in [-0.15, -0.1) is 0 Å². The number of hydrogen-bond donors (Lipinski definition) is 2. The van der Waals surface area contributed by atoms with E-state index in [4.69, 9.17) is 0 Å². The number of pyridine rings is 1. The molecule has 0 aliphatic carbocycles. The minimum atomic E-state index is -0.453. The number of nitro groups is 1. The molecule has 2 rings (SSSR count). The van der Waals surface area contributed by atoms with E-state index in [0.29, 0.717) is 18.8 Å². The Morgan fingerprint density at radius 2 is 1.91 bits per heavy atom. The maximum Gasteiger partial charge on any atom is 0.292 e. The predicted molar refractivity (Wildman–Crippen MR) is 82.3 cm³/mol. The van der Waals surface area contributed by atoms with Crippen LogP contribution in [-0.2, 0) is 11.3 Å². The highest BCUT2D eigenvalue weighted by Gasteiger charge is 2.11. The van der Waals surface area contributed by atoms with Crippen LogP contribution in [0.4, 0.5) is 11.4 Å². The number of carbonyl (C=O) groups excluding carboxylic acids is 1. The lowest BCUT2D eigenvalue weighted by Crippen LogP contribution is -2.24. The van der Waals surface area contributed by atoms with Gasteiger partial charge in [0.05, 0.1) is 4.92 Å². The minimum absolute atomic E-state index is 0.000284. The summed E-state index contributed by atoms with van der Waals surface area (Å²) in [6.45, 7) is 0.764. The van der Waals surface area contributed by atoms with Crippen molar-refractivity contribution in [1.82, 2.24) is 10.3 Å².